The number of hydrogen-bond acceptors (Lipinski definition) is 5. The summed E-state index contributed by atoms with van der Waals surface area (Å²) >= 11 is 0. The lowest BCUT2D eigenvalue weighted by Gasteiger charge is -2.40. The van der Waals surface area contributed by atoms with Crippen LogP contribution in [-0.4, -0.2) is 36.9 Å². The number of nitrogens with zero attached hydrogens (tertiary/aromatic N) is 3. The molecule has 0 saturated heterocycles. The molecule has 1 fully saturated rings. The summed E-state index contributed by atoms with van der Waals surface area (Å²) in [4.78, 5) is 9.51. The van der Waals surface area contributed by atoms with Gasteiger partial charge in [-0.3, -0.25) is 4.99 Å². The molecule has 5 heteroatoms. The Morgan fingerprint density at radius 2 is 2.03 bits per heavy atom. The Morgan fingerprint density at radius 1 is 1.21 bits per heavy atom. The van der Waals surface area contributed by atoms with Crippen LogP contribution in [0, 0.1) is 11.3 Å². The minimum Gasteiger partial charge on any atom is -0.384 e. The first-order valence-corrected chi connectivity index (χ1v) is 13.0. The standard InChI is InChI=1S/C28H43N5/c1-5-9-18-31-33-25(7-3)23-12-10-13-24(19-23)30-21-28(8-4)16-14-22(15-17-28)26-20-29-27(32-26)11-6-2/h7,10,12-13,19,22,30-31H,3,5-6,8-9,11,14-18,20-21H2,1-2,4H3/b33-25+. The summed E-state index contributed by atoms with van der Waals surface area (Å²) in [6.07, 6.45) is 12.4. The summed E-state index contributed by atoms with van der Waals surface area (Å²) in [6, 6.07) is 8.55. The van der Waals surface area contributed by atoms with Crippen LogP contribution in [0.5, 0.6) is 0 Å². The van der Waals surface area contributed by atoms with Gasteiger partial charge < -0.3 is 10.7 Å². The van der Waals surface area contributed by atoms with Gasteiger partial charge in [0.15, 0.2) is 0 Å². The maximum absolute atomic E-state index is 4.86. The van der Waals surface area contributed by atoms with Crippen molar-refractivity contribution in [2.45, 2.75) is 78.6 Å². The SMILES string of the molecule is C=C/C(=N\NCCCC)c1cccc(NCC2(CC)CCC(C3=NC(CCC)=NC3)CC2)c1. The van der Waals surface area contributed by atoms with Crippen molar-refractivity contribution < 1.29 is 0 Å². The van der Waals surface area contributed by atoms with Gasteiger partial charge in [-0.1, -0.05) is 45.9 Å². The lowest BCUT2D eigenvalue weighted by Crippen LogP contribution is -2.36. The highest BCUT2D eigenvalue weighted by Gasteiger charge is 2.35. The molecule has 3 rings (SSSR count). The third-order valence-electron chi connectivity index (χ3n) is 7.30. The zero-order valence-electron chi connectivity index (χ0n) is 21.0. The Labute approximate surface area is 201 Å². The average molecular weight is 450 g/mol. The van der Waals surface area contributed by atoms with Gasteiger partial charge >= 0.3 is 0 Å². The van der Waals surface area contributed by atoms with Crippen molar-refractivity contribution in [2.75, 3.05) is 25.0 Å². The molecule has 5 nitrogen and oxygen atoms in total. The van der Waals surface area contributed by atoms with Crippen LogP contribution in [0.4, 0.5) is 5.69 Å². The van der Waals surface area contributed by atoms with Crippen LogP contribution in [0.1, 0.15) is 84.1 Å². The normalized spacial score (nSPS) is 23.1. The highest BCUT2D eigenvalue weighted by Crippen LogP contribution is 2.42. The highest BCUT2D eigenvalue weighted by atomic mass is 15.3. The minimum absolute atomic E-state index is 0.357. The number of unbranched alkanes of at least 4 members (excludes halogenated alkanes) is 1. The highest BCUT2D eigenvalue weighted by molar-refractivity contribution is 6.08. The number of hydrogen-bond donors (Lipinski definition) is 2. The summed E-state index contributed by atoms with van der Waals surface area (Å²) in [7, 11) is 0. The van der Waals surface area contributed by atoms with Crippen LogP contribution in [0.15, 0.2) is 52.0 Å². The fourth-order valence-corrected chi connectivity index (χ4v) is 4.91. The molecule has 180 valence electrons. The molecule has 0 bridgehead atoms. The van der Waals surface area contributed by atoms with E-state index in [-0.39, 0.29) is 0 Å². The third-order valence-corrected chi connectivity index (χ3v) is 7.30. The first kappa shape index (κ1) is 25.2. The van der Waals surface area contributed by atoms with Crippen molar-refractivity contribution in [1.29, 1.82) is 0 Å². The molecule has 1 saturated carbocycles. The van der Waals surface area contributed by atoms with E-state index in [0.717, 1.165) is 68.1 Å². The topological polar surface area (TPSA) is 61.1 Å². The Kier molecular flexibility index (Phi) is 9.71. The molecular weight excluding hydrogens is 406 g/mol. The van der Waals surface area contributed by atoms with E-state index >= 15 is 0 Å². The average Bonchev–Trinajstić information content (AvgIpc) is 3.32. The van der Waals surface area contributed by atoms with Gasteiger partial charge in [0.1, 0.15) is 5.84 Å². The summed E-state index contributed by atoms with van der Waals surface area (Å²) in [5, 5.41) is 8.28. The van der Waals surface area contributed by atoms with E-state index in [1.54, 1.807) is 0 Å². The predicted octanol–water partition coefficient (Wildman–Crippen LogP) is 6.62. The first-order chi connectivity index (χ1) is 16.1. The second kappa shape index (κ2) is 12.7. The molecule has 0 amide bonds. The van der Waals surface area contributed by atoms with E-state index in [1.165, 1.54) is 37.8 Å². The number of allylic oxidation sites excluding steroid dienone is 1. The first-order valence-electron chi connectivity index (χ1n) is 13.0. The van der Waals surface area contributed by atoms with Crippen molar-refractivity contribution >= 4 is 22.9 Å². The van der Waals surface area contributed by atoms with Gasteiger partial charge in [-0.2, -0.15) is 5.10 Å². The Bertz CT molecular complexity index is 859. The van der Waals surface area contributed by atoms with Crippen LogP contribution in [0.3, 0.4) is 0 Å². The van der Waals surface area contributed by atoms with E-state index in [1.807, 2.05) is 6.08 Å². The second-order valence-electron chi connectivity index (χ2n) is 9.61. The van der Waals surface area contributed by atoms with Gasteiger partial charge in [-0.15, -0.1) is 0 Å². The van der Waals surface area contributed by atoms with Gasteiger partial charge in [0.05, 0.1) is 12.3 Å². The Morgan fingerprint density at radius 3 is 2.73 bits per heavy atom. The van der Waals surface area contributed by atoms with Crippen molar-refractivity contribution in [1.82, 2.24) is 5.43 Å². The van der Waals surface area contributed by atoms with Gasteiger partial charge in [0.25, 0.3) is 0 Å². The number of hydrazone groups is 1. The van der Waals surface area contributed by atoms with E-state index in [9.17, 15) is 0 Å². The maximum Gasteiger partial charge on any atom is 0.123 e. The van der Waals surface area contributed by atoms with Gasteiger partial charge in [0, 0.05) is 36.5 Å². The molecule has 2 aliphatic rings. The zero-order chi connectivity index (χ0) is 23.5. The molecular formula is C28H43N5. The van der Waals surface area contributed by atoms with Crippen molar-refractivity contribution in [2.24, 2.45) is 26.4 Å². The van der Waals surface area contributed by atoms with Crippen LogP contribution in [0.25, 0.3) is 0 Å². The minimum atomic E-state index is 0.357. The molecule has 0 radical (unpaired) electrons. The number of rotatable bonds is 13. The second-order valence-corrected chi connectivity index (χ2v) is 9.61. The number of nitrogens with one attached hydrogen (secondary N) is 2. The number of benzene rings is 1. The predicted molar refractivity (Wildman–Crippen MR) is 144 cm³/mol. The number of aliphatic imine (C=N–C) groups is 2. The number of amidine groups is 1. The smallest absolute Gasteiger partial charge is 0.123 e. The van der Waals surface area contributed by atoms with Crippen LogP contribution in [-0.2, 0) is 0 Å². The molecule has 0 atom stereocenters. The summed E-state index contributed by atoms with van der Waals surface area (Å²) in [5.74, 6) is 1.70. The molecule has 0 aromatic heterocycles. The van der Waals surface area contributed by atoms with Crippen molar-refractivity contribution in [3.63, 3.8) is 0 Å². The zero-order valence-corrected chi connectivity index (χ0v) is 21.0. The molecule has 1 aliphatic carbocycles. The monoisotopic (exact) mass is 449 g/mol. The molecule has 0 unspecified atom stereocenters. The lowest BCUT2D eigenvalue weighted by atomic mass is 9.68. The fraction of sp³-hybridized carbons (Fsp3) is 0.607. The molecule has 1 aliphatic heterocycles. The van der Waals surface area contributed by atoms with E-state index in [0.29, 0.717) is 11.3 Å². The largest absolute Gasteiger partial charge is 0.384 e. The quantitative estimate of drug-likeness (QED) is 0.202. The number of anilines is 1. The molecule has 1 aromatic carbocycles. The molecule has 1 heterocycles. The van der Waals surface area contributed by atoms with Gasteiger partial charge in [0.2, 0.25) is 0 Å². The third kappa shape index (κ3) is 7.02. The van der Waals surface area contributed by atoms with Gasteiger partial charge in [-0.25, -0.2) is 4.99 Å². The lowest BCUT2D eigenvalue weighted by molar-refractivity contribution is 0.179. The molecule has 1 aromatic rings. The molecule has 0 spiro atoms. The maximum atomic E-state index is 4.86. The summed E-state index contributed by atoms with van der Waals surface area (Å²) in [5.41, 5.74) is 8.01. The van der Waals surface area contributed by atoms with Crippen LogP contribution >= 0.6 is 0 Å². The van der Waals surface area contributed by atoms with Crippen LogP contribution in [0.2, 0.25) is 0 Å². The van der Waals surface area contributed by atoms with Gasteiger partial charge in [-0.05, 0) is 74.5 Å². The van der Waals surface area contributed by atoms with E-state index in [4.69, 9.17) is 4.99 Å². The summed E-state index contributed by atoms with van der Waals surface area (Å²) < 4.78 is 0. The van der Waals surface area contributed by atoms with Crippen molar-refractivity contribution in [3.05, 3.63) is 42.5 Å². The Hall–Kier alpha value is -2.43. The fourth-order valence-electron chi connectivity index (χ4n) is 4.91. The molecule has 33 heavy (non-hydrogen) atoms. The van der Waals surface area contributed by atoms with E-state index < -0.39 is 0 Å². The van der Waals surface area contributed by atoms with Crippen LogP contribution < -0.4 is 10.7 Å². The van der Waals surface area contributed by atoms with Crippen molar-refractivity contribution in [3.8, 4) is 0 Å². The summed E-state index contributed by atoms with van der Waals surface area (Å²) in [6.45, 7) is 13.4. The Balaban J connectivity index is 1.56. The molecule has 2 N–H and O–H groups in total. The van der Waals surface area contributed by atoms with E-state index in [2.05, 4.69) is 72.5 Å².